The summed E-state index contributed by atoms with van der Waals surface area (Å²) in [4.78, 5) is 0.252. The molecule has 26 heavy (non-hydrogen) atoms. The molecule has 0 unspecified atom stereocenters. The highest BCUT2D eigenvalue weighted by molar-refractivity contribution is 7.90. The maximum atomic E-state index is 13.3. The van der Waals surface area contributed by atoms with Gasteiger partial charge in [-0.3, -0.25) is 0 Å². The number of benzene rings is 2. The smallest absolute Gasteiger partial charge is 0.199 e. The van der Waals surface area contributed by atoms with Gasteiger partial charge in [-0.25, -0.2) is 0 Å². The van der Waals surface area contributed by atoms with Gasteiger partial charge in [-0.05, 0) is 44.4 Å². The van der Waals surface area contributed by atoms with Gasteiger partial charge in [0.1, 0.15) is 0 Å². The Hall–Kier alpha value is -2.66. The van der Waals surface area contributed by atoms with Gasteiger partial charge in [0.05, 0.1) is 16.3 Å². The summed E-state index contributed by atoms with van der Waals surface area (Å²) in [6, 6.07) is 14.7. The van der Waals surface area contributed by atoms with E-state index in [-0.39, 0.29) is 4.90 Å². The Bertz CT molecular complexity index is 1110. The first-order chi connectivity index (χ1) is 12.5. The van der Waals surface area contributed by atoms with E-state index >= 15 is 0 Å². The average Bonchev–Trinajstić information content (AvgIpc) is 3.03. The van der Waals surface area contributed by atoms with E-state index in [1.165, 1.54) is 4.09 Å². The first-order valence-electron chi connectivity index (χ1n) is 8.65. The normalized spacial score (nSPS) is 13.6. The van der Waals surface area contributed by atoms with E-state index in [1.807, 2.05) is 56.3 Å². The molecule has 0 saturated carbocycles. The van der Waals surface area contributed by atoms with Crippen molar-refractivity contribution in [2.75, 3.05) is 0 Å². The highest BCUT2D eigenvalue weighted by Gasteiger charge is 2.28. The van der Waals surface area contributed by atoms with Crippen LogP contribution in [-0.4, -0.2) is 17.6 Å². The molecule has 1 aromatic heterocycles. The topological polar surface area (TPSA) is 52.0 Å². The van der Waals surface area contributed by atoms with Crippen molar-refractivity contribution in [1.29, 1.82) is 0 Å². The van der Waals surface area contributed by atoms with Gasteiger partial charge >= 0.3 is 0 Å². The van der Waals surface area contributed by atoms with Crippen molar-refractivity contribution in [3.63, 3.8) is 0 Å². The van der Waals surface area contributed by atoms with Gasteiger partial charge in [0.15, 0.2) is 0 Å². The molecule has 2 aromatic carbocycles. The predicted molar refractivity (Wildman–Crippen MR) is 104 cm³/mol. The van der Waals surface area contributed by atoms with Gasteiger partial charge < -0.3 is 0 Å². The largest absolute Gasteiger partial charge is 0.283 e. The van der Waals surface area contributed by atoms with E-state index in [1.54, 1.807) is 12.1 Å². The van der Waals surface area contributed by atoms with Gasteiger partial charge in [0, 0.05) is 11.1 Å². The fourth-order valence-electron chi connectivity index (χ4n) is 3.30. The molecule has 3 aromatic rings. The molecule has 0 N–H and O–H groups in total. The third-order valence-corrected chi connectivity index (χ3v) is 6.34. The number of fused-ring (bicyclic) bond motifs is 1. The van der Waals surface area contributed by atoms with Crippen molar-refractivity contribution in [3.05, 3.63) is 77.0 Å². The minimum atomic E-state index is -3.77. The average molecular weight is 364 g/mol. The van der Waals surface area contributed by atoms with Crippen LogP contribution in [-0.2, 0) is 16.4 Å². The highest BCUT2D eigenvalue weighted by Crippen LogP contribution is 2.34. The molecule has 0 bridgehead atoms. The molecule has 132 valence electrons. The van der Waals surface area contributed by atoms with Crippen LogP contribution in [0.25, 0.3) is 17.3 Å². The second-order valence-electron chi connectivity index (χ2n) is 6.63. The highest BCUT2D eigenvalue weighted by atomic mass is 32.2. The van der Waals surface area contributed by atoms with Gasteiger partial charge in [-0.1, -0.05) is 54.1 Å². The first kappa shape index (κ1) is 16.8. The number of allylic oxidation sites excluding steroid dienone is 1. The zero-order chi connectivity index (χ0) is 18.3. The van der Waals surface area contributed by atoms with E-state index in [2.05, 4.69) is 11.2 Å². The number of rotatable bonds is 3. The fraction of sp³-hybridized carbons (Fsp3) is 0.190. The van der Waals surface area contributed by atoms with Crippen molar-refractivity contribution in [1.82, 2.24) is 9.19 Å². The molecule has 0 fully saturated rings. The lowest BCUT2D eigenvalue weighted by Gasteiger charge is -2.12. The summed E-state index contributed by atoms with van der Waals surface area (Å²) in [5.41, 5.74) is 5.32. The Balaban J connectivity index is 2.00. The van der Waals surface area contributed by atoms with E-state index in [9.17, 15) is 8.42 Å². The minimum absolute atomic E-state index is 0.252. The summed E-state index contributed by atoms with van der Waals surface area (Å²) in [6.07, 6.45) is 5.70. The molecular weight excluding hydrogens is 344 g/mol. The third-order valence-electron chi connectivity index (χ3n) is 4.75. The summed E-state index contributed by atoms with van der Waals surface area (Å²) < 4.78 is 27.9. The molecule has 0 aliphatic heterocycles. The van der Waals surface area contributed by atoms with Crippen LogP contribution in [0, 0.1) is 13.8 Å². The quantitative estimate of drug-likeness (QED) is 0.694. The molecule has 0 spiro atoms. The molecule has 0 saturated heterocycles. The standard InChI is InChI=1S/C21H20N2O2S/c1-15-11-13-17(14-12-15)26(24,25)23-21(18-8-4-3-7-16(18)2)19-9-5-6-10-20(19)22-23/h3-5,7-9,11-14H,6,10H2,1-2H3. The van der Waals surface area contributed by atoms with Crippen LogP contribution in [0.5, 0.6) is 0 Å². The summed E-state index contributed by atoms with van der Waals surface area (Å²) in [6.45, 7) is 3.93. The Kier molecular flexibility index (Phi) is 4.04. The summed E-state index contributed by atoms with van der Waals surface area (Å²) >= 11 is 0. The van der Waals surface area contributed by atoms with Crippen molar-refractivity contribution in [3.8, 4) is 11.3 Å². The molecule has 0 amide bonds. The number of hydrogen-bond donors (Lipinski definition) is 0. The van der Waals surface area contributed by atoms with Crippen LogP contribution in [0.2, 0.25) is 0 Å². The summed E-state index contributed by atoms with van der Waals surface area (Å²) in [7, 11) is -3.77. The van der Waals surface area contributed by atoms with Crippen LogP contribution in [0.1, 0.15) is 28.8 Å². The lowest BCUT2D eigenvalue weighted by molar-refractivity contribution is 0.580. The molecule has 1 heterocycles. The lowest BCUT2D eigenvalue weighted by atomic mass is 9.97. The number of nitrogens with zero attached hydrogens (tertiary/aromatic N) is 2. The maximum absolute atomic E-state index is 13.3. The van der Waals surface area contributed by atoms with E-state index in [0.717, 1.165) is 40.8 Å². The van der Waals surface area contributed by atoms with Crippen molar-refractivity contribution in [2.45, 2.75) is 31.6 Å². The van der Waals surface area contributed by atoms with Crippen molar-refractivity contribution < 1.29 is 8.42 Å². The van der Waals surface area contributed by atoms with Crippen LogP contribution in [0.15, 0.2) is 59.5 Å². The minimum Gasteiger partial charge on any atom is -0.199 e. The molecule has 1 aliphatic rings. The molecule has 4 nitrogen and oxygen atoms in total. The van der Waals surface area contributed by atoms with Crippen molar-refractivity contribution in [2.24, 2.45) is 0 Å². The van der Waals surface area contributed by atoms with Crippen LogP contribution >= 0.6 is 0 Å². The van der Waals surface area contributed by atoms with Crippen LogP contribution < -0.4 is 0 Å². The van der Waals surface area contributed by atoms with Crippen LogP contribution in [0.4, 0.5) is 0 Å². The maximum Gasteiger partial charge on any atom is 0.283 e. The summed E-state index contributed by atoms with van der Waals surface area (Å²) in [5, 5.41) is 4.52. The molecule has 1 aliphatic carbocycles. The number of aryl methyl sites for hydroxylation is 3. The summed E-state index contributed by atoms with van der Waals surface area (Å²) in [5.74, 6) is 0. The predicted octanol–water partition coefficient (Wildman–Crippen LogP) is 4.36. The Morgan fingerprint density at radius 3 is 2.46 bits per heavy atom. The number of hydrogen-bond acceptors (Lipinski definition) is 3. The number of aromatic nitrogens is 2. The lowest BCUT2D eigenvalue weighted by Crippen LogP contribution is -2.16. The zero-order valence-electron chi connectivity index (χ0n) is 14.8. The second-order valence-corrected chi connectivity index (χ2v) is 8.39. The third kappa shape index (κ3) is 2.69. The fourth-order valence-corrected chi connectivity index (χ4v) is 4.63. The zero-order valence-corrected chi connectivity index (χ0v) is 15.6. The van der Waals surface area contributed by atoms with Crippen LogP contribution in [0.3, 0.4) is 0 Å². The SMILES string of the molecule is Cc1ccc(S(=O)(=O)n2nc3c(c2-c2ccccc2C)C=CCC3)cc1. The Morgan fingerprint density at radius 2 is 1.73 bits per heavy atom. The molecular formula is C21H20N2O2S. The van der Waals surface area contributed by atoms with Gasteiger partial charge in [0.25, 0.3) is 10.0 Å². The van der Waals surface area contributed by atoms with Crippen molar-refractivity contribution >= 4 is 16.1 Å². The van der Waals surface area contributed by atoms with E-state index < -0.39 is 10.0 Å². The first-order valence-corrected chi connectivity index (χ1v) is 10.1. The molecule has 4 rings (SSSR count). The van der Waals surface area contributed by atoms with E-state index in [4.69, 9.17) is 0 Å². The molecule has 0 atom stereocenters. The van der Waals surface area contributed by atoms with E-state index in [0.29, 0.717) is 5.69 Å². The molecule has 0 radical (unpaired) electrons. The second kappa shape index (κ2) is 6.25. The molecule has 5 heteroatoms. The van der Waals surface area contributed by atoms with Gasteiger partial charge in [-0.15, -0.1) is 0 Å². The Morgan fingerprint density at radius 1 is 1.00 bits per heavy atom. The van der Waals surface area contributed by atoms with Gasteiger partial charge in [0.2, 0.25) is 0 Å². The van der Waals surface area contributed by atoms with Gasteiger partial charge in [-0.2, -0.15) is 17.6 Å². The Labute approximate surface area is 153 Å². The monoisotopic (exact) mass is 364 g/mol.